The lowest BCUT2D eigenvalue weighted by Crippen LogP contribution is -2.32. The third-order valence-corrected chi connectivity index (χ3v) is 4.58. The number of nitrogens with zero attached hydrogens (tertiary/aromatic N) is 1. The third-order valence-electron chi connectivity index (χ3n) is 3.60. The second-order valence-corrected chi connectivity index (χ2v) is 6.79. The van der Waals surface area contributed by atoms with E-state index in [4.69, 9.17) is 0 Å². The summed E-state index contributed by atoms with van der Waals surface area (Å²) in [5, 5.41) is 7.69. The smallest absolute Gasteiger partial charge is 0.222 e. The molecule has 0 saturated heterocycles. The molecule has 0 aliphatic rings. The number of nitrogens with one attached hydrogen (secondary N) is 2. The number of anilines is 1. The van der Waals surface area contributed by atoms with Crippen LogP contribution >= 0.6 is 11.3 Å². The van der Waals surface area contributed by atoms with Gasteiger partial charge in [0.05, 0.1) is 12.5 Å². The fraction of sp³-hybridized carbons (Fsp3) is 0.333. The molecule has 5 nitrogen and oxygen atoms in total. The number of amides is 2. The van der Waals surface area contributed by atoms with Crippen LogP contribution in [0.15, 0.2) is 41.8 Å². The van der Waals surface area contributed by atoms with Crippen LogP contribution in [0.4, 0.5) is 5.69 Å². The van der Waals surface area contributed by atoms with Crippen LogP contribution in [0.1, 0.15) is 29.8 Å². The summed E-state index contributed by atoms with van der Waals surface area (Å²) in [6, 6.07) is 11.6. The molecular formula is C18H23N3O2S. The molecule has 1 aromatic heterocycles. The average Bonchev–Trinajstić information content (AvgIpc) is 3.06. The van der Waals surface area contributed by atoms with Crippen LogP contribution in [0.3, 0.4) is 0 Å². The summed E-state index contributed by atoms with van der Waals surface area (Å²) < 4.78 is 0. The second kappa shape index (κ2) is 8.49. The molecular weight excluding hydrogens is 322 g/mol. The van der Waals surface area contributed by atoms with E-state index in [2.05, 4.69) is 10.6 Å². The van der Waals surface area contributed by atoms with E-state index in [0.29, 0.717) is 6.54 Å². The number of hydrogen-bond acceptors (Lipinski definition) is 4. The number of benzene rings is 1. The van der Waals surface area contributed by atoms with E-state index in [9.17, 15) is 9.59 Å². The standard InChI is InChI=1S/C18H23N3O2S/c1-13(22)20-16(17-5-4-10-24-17)11-18(23)19-12-14-6-8-15(9-7-14)21(2)3/h4-10,16H,11-12H2,1-3H3,(H,19,23)(H,20,22). The van der Waals surface area contributed by atoms with Crippen molar-refractivity contribution in [1.82, 2.24) is 10.6 Å². The van der Waals surface area contributed by atoms with Crippen molar-refractivity contribution < 1.29 is 9.59 Å². The Bertz CT molecular complexity index is 666. The Morgan fingerprint density at radius 3 is 2.42 bits per heavy atom. The highest BCUT2D eigenvalue weighted by Crippen LogP contribution is 2.22. The van der Waals surface area contributed by atoms with Gasteiger partial charge in [0.1, 0.15) is 0 Å². The largest absolute Gasteiger partial charge is 0.378 e. The summed E-state index contributed by atoms with van der Waals surface area (Å²) in [6.07, 6.45) is 0.232. The fourth-order valence-corrected chi connectivity index (χ4v) is 3.11. The molecule has 0 saturated carbocycles. The molecule has 6 heteroatoms. The maximum atomic E-state index is 12.2. The quantitative estimate of drug-likeness (QED) is 0.811. The molecule has 0 bridgehead atoms. The Balaban J connectivity index is 1.90. The van der Waals surface area contributed by atoms with E-state index in [1.54, 1.807) is 0 Å². The van der Waals surface area contributed by atoms with Gasteiger partial charge in [-0.3, -0.25) is 9.59 Å². The molecule has 2 aromatic rings. The molecule has 2 N–H and O–H groups in total. The molecule has 1 unspecified atom stereocenters. The lowest BCUT2D eigenvalue weighted by Gasteiger charge is -2.16. The number of carbonyl (C=O) groups excluding carboxylic acids is 2. The van der Waals surface area contributed by atoms with Crippen LogP contribution in [0.25, 0.3) is 0 Å². The minimum Gasteiger partial charge on any atom is -0.378 e. The minimum absolute atomic E-state index is 0.0844. The van der Waals surface area contributed by atoms with Gasteiger partial charge in [-0.05, 0) is 29.1 Å². The Kier molecular flexibility index (Phi) is 6.37. The predicted octanol–water partition coefficient (Wildman–Crippen LogP) is 2.70. The van der Waals surface area contributed by atoms with E-state index in [1.165, 1.54) is 18.3 Å². The fourth-order valence-electron chi connectivity index (χ4n) is 2.33. The van der Waals surface area contributed by atoms with Gasteiger partial charge in [0.15, 0.2) is 0 Å². The first-order chi connectivity index (χ1) is 11.5. The topological polar surface area (TPSA) is 61.4 Å². The van der Waals surface area contributed by atoms with Crippen LogP contribution in [0.5, 0.6) is 0 Å². The van der Waals surface area contributed by atoms with Gasteiger partial charge < -0.3 is 15.5 Å². The van der Waals surface area contributed by atoms with Crippen molar-refractivity contribution in [3.8, 4) is 0 Å². The lowest BCUT2D eigenvalue weighted by molar-refractivity contribution is -0.122. The van der Waals surface area contributed by atoms with Crippen molar-refractivity contribution in [2.75, 3.05) is 19.0 Å². The van der Waals surface area contributed by atoms with Gasteiger partial charge in [-0.1, -0.05) is 18.2 Å². The van der Waals surface area contributed by atoms with Crippen LogP contribution in [0, 0.1) is 0 Å². The number of hydrogen-bond donors (Lipinski definition) is 2. The predicted molar refractivity (Wildman–Crippen MR) is 98.1 cm³/mol. The Hall–Kier alpha value is -2.34. The van der Waals surface area contributed by atoms with Gasteiger partial charge in [0.25, 0.3) is 0 Å². The van der Waals surface area contributed by atoms with Gasteiger partial charge in [0, 0.05) is 38.1 Å². The summed E-state index contributed by atoms with van der Waals surface area (Å²) in [4.78, 5) is 26.6. The zero-order valence-electron chi connectivity index (χ0n) is 14.2. The molecule has 24 heavy (non-hydrogen) atoms. The molecule has 1 aromatic carbocycles. The minimum atomic E-state index is -0.279. The number of rotatable bonds is 7. The van der Waals surface area contributed by atoms with E-state index in [-0.39, 0.29) is 24.3 Å². The lowest BCUT2D eigenvalue weighted by atomic mass is 10.1. The molecule has 0 aliphatic carbocycles. The first kappa shape index (κ1) is 18.0. The van der Waals surface area contributed by atoms with Gasteiger partial charge >= 0.3 is 0 Å². The molecule has 0 fully saturated rings. The molecule has 2 rings (SSSR count). The molecule has 1 heterocycles. The molecule has 2 amide bonds. The SMILES string of the molecule is CC(=O)NC(CC(=O)NCc1ccc(N(C)C)cc1)c1cccs1. The van der Waals surface area contributed by atoms with Crippen molar-refractivity contribution in [2.45, 2.75) is 25.9 Å². The highest BCUT2D eigenvalue weighted by molar-refractivity contribution is 7.10. The van der Waals surface area contributed by atoms with E-state index >= 15 is 0 Å². The van der Waals surface area contributed by atoms with E-state index < -0.39 is 0 Å². The summed E-state index contributed by atoms with van der Waals surface area (Å²) >= 11 is 1.53. The molecule has 0 aliphatic heterocycles. The summed E-state index contributed by atoms with van der Waals surface area (Å²) in [5.41, 5.74) is 2.16. The van der Waals surface area contributed by atoms with Crippen molar-refractivity contribution in [1.29, 1.82) is 0 Å². The van der Waals surface area contributed by atoms with Gasteiger partial charge in [-0.25, -0.2) is 0 Å². The molecule has 128 valence electrons. The second-order valence-electron chi connectivity index (χ2n) is 5.81. The van der Waals surface area contributed by atoms with Crippen molar-refractivity contribution >= 4 is 28.8 Å². The van der Waals surface area contributed by atoms with Crippen LogP contribution in [-0.4, -0.2) is 25.9 Å². The van der Waals surface area contributed by atoms with E-state index in [0.717, 1.165) is 16.1 Å². The Labute approximate surface area is 146 Å². The average molecular weight is 345 g/mol. The molecule has 0 spiro atoms. The molecule has 1 atom stereocenters. The number of thiophene rings is 1. The Morgan fingerprint density at radius 2 is 1.88 bits per heavy atom. The highest BCUT2D eigenvalue weighted by atomic mass is 32.1. The van der Waals surface area contributed by atoms with Crippen molar-refractivity contribution in [3.05, 3.63) is 52.2 Å². The van der Waals surface area contributed by atoms with Gasteiger partial charge in [-0.2, -0.15) is 0 Å². The van der Waals surface area contributed by atoms with Crippen molar-refractivity contribution in [2.24, 2.45) is 0 Å². The summed E-state index contributed by atoms with van der Waals surface area (Å²) in [5.74, 6) is -0.223. The van der Waals surface area contributed by atoms with Crippen molar-refractivity contribution in [3.63, 3.8) is 0 Å². The van der Waals surface area contributed by atoms with Crippen LogP contribution < -0.4 is 15.5 Å². The van der Waals surface area contributed by atoms with Crippen LogP contribution in [0.2, 0.25) is 0 Å². The first-order valence-electron chi connectivity index (χ1n) is 7.79. The van der Waals surface area contributed by atoms with Crippen LogP contribution in [-0.2, 0) is 16.1 Å². The summed E-state index contributed by atoms with van der Waals surface area (Å²) in [6.45, 7) is 1.94. The summed E-state index contributed by atoms with van der Waals surface area (Å²) in [7, 11) is 3.98. The normalized spacial score (nSPS) is 11.6. The third kappa shape index (κ3) is 5.38. The van der Waals surface area contributed by atoms with E-state index in [1.807, 2.05) is 60.8 Å². The monoisotopic (exact) mass is 345 g/mol. The zero-order valence-corrected chi connectivity index (χ0v) is 15.0. The Morgan fingerprint density at radius 1 is 1.17 bits per heavy atom. The number of carbonyl (C=O) groups is 2. The highest BCUT2D eigenvalue weighted by Gasteiger charge is 2.17. The molecule has 0 radical (unpaired) electrons. The van der Waals surface area contributed by atoms with Gasteiger partial charge in [-0.15, -0.1) is 11.3 Å². The zero-order chi connectivity index (χ0) is 17.5. The maximum absolute atomic E-state index is 12.2. The first-order valence-corrected chi connectivity index (χ1v) is 8.67. The van der Waals surface area contributed by atoms with Gasteiger partial charge in [0.2, 0.25) is 11.8 Å². The maximum Gasteiger partial charge on any atom is 0.222 e.